The quantitative estimate of drug-likeness (QED) is 0.841. The van der Waals surface area contributed by atoms with Crippen molar-refractivity contribution in [3.8, 4) is 0 Å². The second kappa shape index (κ2) is 4.67. The maximum absolute atomic E-state index is 9.49. The number of aliphatic hydroxyl groups is 1. The Hall–Kier alpha value is -1.06. The van der Waals surface area contributed by atoms with E-state index >= 15 is 0 Å². The van der Waals surface area contributed by atoms with Crippen LogP contribution in [0.4, 0.5) is 5.69 Å². The molecule has 1 atom stereocenters. The number of para-hydroxylation sites is 1. The van der Waals surface area contributed by atoms with Crippen molar-refractivity contribution in [1.29, 1.82) is 0 Å². The molecular weight excluding hydrogens is 212 g/mol. The second-order valence-corrected chi connectivity index (χ2v) is 5.48. The van der Waals surface area contributed by atoms with Gasteiger partial charge < -0.3 is 10.0 Å². The van der Waals surface area contributed by atoms with Crippen LogP contribution in [0.1, 0.15) is 13.8 Å². The van der Waals surface area contributed by atoms with Crippen molar-refractivity contribution >= 4 is 5.69 Å². The van der Waals surface area contributed by atoms with E-state index in [1.54, 1.807) is 0 Å². The molecule has 1 aliphatic heterocycles. The molecule has 1 saturated heterocycles. The van der Waals surface area contributed by atoms with Crippen molar-refractivity contribution in [2.45, 2.75) is 25.4 Å². The highest BCUT2D eigenvalue weighted by Gasteiger charge is 2.37. The molecule has 0 saturated carbocycles. The fraction of sp³-hybridized carbons (Fsp3) is 0.571. The molecule has 1 N–H and O–H groups in total. The van der Waals surface area contributed by atoms with Gasteiger partial charge in [-0.1, -0.05) is 18.2 Å². The lowest BCUT2D eigenvalue weighted by Gasteiger charge is -2.50. The van der Waals surface area contributed by atoms with Gasteiger partial charge in [0.1, 0.15) is 0 Å². The Kier molecular flexibility index (Phi) is 3.40. The minimum absolute atomic E-state index is 0.0848. The lowest BCUT2D eigenvalue weighted by molar-refractivity contribution is 0.0455. The fourth-order valence-corrected chi connectivity index (χ4v) is 2.53. The zero-order valence-electron chi connectivity index (χ0n) is 10.9. The Morgan fingerprint density at radius 3 is 2.53 bits per heavy atom. The maximum Gasteiger partial charge on any atom is 0.0604 e. The normalized spacial score (nSPS) is 24.9. The largest absolute Gasteiger partial charge is 0.395 e. The summed E-state index contributed by atoms with van der Waals surface area (Å²) in [7, 11) is 2.10. The number of nitrogens with zero attached hydrogens (tertiary/aromatic N) is 2. The van der Waals surface area contributed by atoms with Gasteiger partial charge in [0, 0.05) is 24.3 Å². The summed E-state index contributed by atoms with van der Waals surface area (Å²) in [5.74, 6) is 0. The van der Waals surface area contributed by atoms with Gasteiger partial charge in [-0.15, -0.1) is 0 Å². The first kappa shape index (κ1) is 12.4. The van der Waals surface area contributed by atoms with E-state index in [9.17, 15) is 5.11 Å². The van der Waals surface area contributed by atoms with Crippen LogP contribution < -0.4 is 4.90 Å². The van der Waals surface area contributed by atoms with Gasteiger partial charge in [0.25, 0.3) is 0 Å². The number of benzene rings is 1. The Bertz CT molecular complexity index is 364. The minimum Gasteiger partial charge on any atom is -0.395 e. The summed E-state index contributed by atoms with van der Waals surface area (Å²) in [5, 5.41) is 9.49. The average Bonchev–Trinajstić information content (AvgIpc) is 2.33. The van der Waals surface area contributed by atoms with E-state index < -0.39 is 0 Å². The molecule has 0 aliphatic carbocycles. The molecule has 0 aromatic heterocycles. The van der Waals surface area contributed by atoms with Crippen LogP contribution in [0, 0.1) is 0 Å². The Morgan fingerprint density at radius 2 is 1.94 bits per heavy atom. The summed E-state index contributed by atoms with van der Waals surface area (Å²) in [5.41, 5.74) is 1.33. The third-order valence-electron chi connectivity index (χ3n) is 3.84. The van der Waals surface area contributed by atoms with Crippen LogP contribution in [-0.2, 0) is 0 Å². The topological polar surface area (TPSA) is 26.7 Å². The van der Waals surface area contributed by atoms with Gasteiger partial charge in [0.05, 0.1) is 12.6 Å². The molecular formula is C14H22N2O. The highest BCUT2D eigenvalue weighted by Crippen LogP contribution is 2.27. The molecule has 94 valence electrons. The fourth-order valence-electron chi connectivity index (χ4n) is 2.53. The summed E-state index contributed by atoms with van der Waals surface area (Å²) < 4.78 is 0. The SMILES string of the molecule is CN1C(CO)CN(c2ccccc2)CC1(C)C. The predicted octanol–water partition coefficient (Wildman–Crippen LogP) is 1.58. The first-order chi connectivity index (χ1) is 8.04. The average molecular weight is 234 g/mol. The molecule has 2 rings (SSSR count). The van der Waals surface area contributed by atoms with Gasteiger partial charge in [-0.05, 0) is 33.0 Å². The van der Waals surface area contributed by atoms with E-state index in [2.05, 4.69) is 55.0 Å². The van der Waals surface area contributed by atoms with E-state index in [1.807, 2.05) is 6.07 Å². The van der Waals surface area contributed by atoms with Gasteiger partial charge >= 0.3 is 0 Å². The molecule has 1 aromatic rings. The predicted molar refractivity (Wildman–Crippen MR) is 71.4 cm³/mol. The second-order valence-electron chi connectivity index (χ2n) is 5.48. The van der Waals surface area contributed by atoms with Gasteiger partial charge in [0.2, 0.25) is 0 Å². The standard InChI is InChI=1S/C14H22N2O/c1-14(2)11-16(9-13(10-17)15(14)3)12-7-5-4-6-8-12/h4-8,13,17H,9-11H2,1-3H3. The van der Waals surface area contributed by atoms with Crippen molar-refractivity contribution in [3.63, 3.8) is 0 Å². The van der Waals surface area contributed by atoms with Crippen molar-refractivity contribution in [1.82, 2.24) is 4.90 Å². The molecule has 0 bridgehead atoms. The number of hydrogen-bond acceptors (Lipinski definition) is 3. The lowest BCUT2D eigenvalue weighted by Crippen LogP contribution is -2.63. The van der Waals surface area contributed by atoms with Crippen LogP contribution in [0.15, 0.2) is 30.3 Å². The van der Waals surface area contributed by atoms with Crippen LogP contribution in [-0.4, -0.2) is 48.3 Å². The third kappa shape index (κ3) is 2.45. The number of hydrogen-bond donors (Lipinski definition) is 1. The minimum atomic E-state index is 0.0848. The molecule has 1 unspecified atom stereocenters. The Balaban J connectivity index is 2.21. The van der Waals surface area contributed by atoms with Crippen LogP contribution in [0.5, 0.6) is 0 Å². The highest BCUT2D eigenvalue weighted by molar-refractivity contribution is 5.47. The maximum atomic E-state index is 9.49. The molecule has 0 radical (unpaired) electrons. The van der Waals surface area contributed by atoms with E-state index in [0.717, 1.165) is 13.1 Å². The van der Waals surface area contributed by atoms with Gasteiger partial charge in [-0.3, -0.25) is 4.90 Å². The van der Waals surface area contributed by atoms with E-state index in [-0.39, 0.29) is 18.2 Å². The zero-order valence-corrected chi connectivity index (χ0v) is 10.9. The zero-order chi connectivity index (χ0) is 12.5. The lowest BCUT2D eigenvalue weighted by atomic mass is 9.95. The van der Waals surface area contributed by atoms with Crippen LogP contribution in [0.2, 0.25) is 0 Å². The molecule has 3 heteroatoms. The van der Waals surface area contributed by atoms with E-state index in [0.29, 0.717) is 0 Å². The Morgan fingerprint density at radius 1 is 1.29 bits per heavy atom. The summed E-state index contributed by atoms with van der Waals surface area (Å²) in [6.07, 6.45) is 0. The molecule has 3 nitrogen and oxygen atoms in total. The monoisotopic (exact) mass is 234 g/mol. The van der Waals surface area contributed by atoms with Crippen LogP contribution in [0.25, 0.3) is 0 Å². The number of piperazine rings is 1. The first-order valence-electron chi connectivity index (χ1n) is 6.18. The van der Waals surface area contributed by atoms with Crippen LogP contribution in [0.3, 0.4) is 0 Å². The highest BCUT2D eigenvalue weighted by atomic mass is 16.3. The van der Waals surface area contributed by atoms with Crippen molar-refractivity contribution in [2.75, 3.05) is 31.6 Å². The molecule has 1 aromatic carbocycles. The van der Waals surface area contributed by atoms with Gasteiger partial charge in [-0.25, -0.2) is 0 Å². The molecule has 0 spiro atoms. The number of aliphatic hydroxyl groups excluding tert-OH is 1. The number of rotatable bonds is 2. The summed E-state index contributed by atoms with van der Waals surface area (Å²) in [6.45, 7) is 6.54. The molecule has 0 amide bonds. The Labute approximate surface area is 104 Å². The molecule has 1 heterocycles. The number of anilines is 1. The molecule has 17 heavy (non-hydrogen) atoms. The third-order valence-corrected chi connectivity index (χ3v) is 3.84. The summed E-state index contributed by atoms with van der Waals surface area (Å²) >= 11 is 0. The van der Waals surface area contributed by atoms with Crippen molar-refractivity contribution in [2.24, 2.45) is 0 Å². The van der Waals surface area contributed by atoms with Crippen LogP contribution >= 0.6 is 0 Å². The van der Waals surface area contributed by atoms with Gasteiger partial charge in [-0.2, -0.15) is 0 Å². The molecule has 1 fully saturated rings. The van der Waals surface area contributed by atoms with Crippen molar-refractivity contribution in [3.05, 3.63) is 30.3 Å². The summed E-state index contributed by atoms with van der Waals surface area (Å²) in [6, 6.07) is 10.6. The molecule has 1 aliphatic rings. The summed E-state index contributed by atoms with van der Waals surface area (Å²) in [4.78, 5) is 4.65. The number of likely N-dealkylation sites (N-methyl/N-ethyl adjacent to an activating group) is 1. The van der Waals surface area contributed by atoms with E-state index in [1.165, 1.54) is 5.69 Å². The smallest absolute Gasteiger partial charge is 0.0604 e. The first-order valence-corrected chi connectivity index (χ1v) is 6.18. The van der Waals surface area contributed by atoms with Gasteiger partial charge in [0.15, 0.2) is 0 Å². The van der Waals surface area contributed by atoms with E-state index in [4.69, 9.17) is 0 Å². The van der Waals surface area contributed by atoms with Crippen molar-refractivity contribution < 1.29 is 5.11 Å².